The van der Waals surface area contributed by atoms with Crippen LogP contribution in [0.1, 0.15) is 54.8 Å². The normalized spacial score (nSPS) is 28.2. The van der Waals surface area contributed by atoms with Gasteiger partial charge in [0, 0.05) is 6.20 Å². The Labute approximate surface area is 183 Å². The summed E-state index contributed by atoms with van der Waals surface area (Å²) in [6, 6.07) is 3.26. The van der Waals surface area contributed by atoms with Crippen LogP contribution in [0.15, 0.2) is 41.3 Å². The van der Waals surface area contributed by atoms with Gasteiger partial charge in [-0.1, -0.05) is 0 Å². The molecule has 10 nitrogen and oxygen atoms in total. The van der Waals surface area contributed by atoms with Crippen LogP contribution in [-0.2, 0) is 12.1 Å². The number of nitro groups is 1. The van der Waals surface area contributed by atoms with Crippen LogP contribution < -0.4 is 5.32 Å². The summed E-state index contributed by atoms with van der Waals surface area (Å²) in [5.41, 5.74) is 0.680. The van der Waals surface area contributed by atoms with E-state index < -0.39 is 4.92 Å². The second-order valence-electron chi connectivity index (χ2n) is 9.69. The molecule has 166 valence electrons. The molecular formula is C22H24N6O4. The smallest absolute Gasteiger partial charge is 0.307 e. The van der Waals surface area contributed by atoms with Crippen LogP contribution >= 0.6 is 0 Å². The van der Waals surface area contributed by atoms with Crippen molar-refractivity contribution in [3.8, 4) is 0 Å². The number of nitrogens with one attached hydrogen (secondary N) is 1. The SMILES string of the molecule is O=C(Nc1cnn(C23CC4CC(CC(C4)C2)C3)c1)c1ccc(Cn2cc([N+](=O)[O-])cn2)o1. The Morgan fingerprint density at radius 2 is 1.84 bits per heavy atom. The van der Waals surface area contributed by atoms with Crippen LogP contribution in [0.5, 0.6) is 0 Å². The molecule has 0 atom stereocenters. The van der Waals surface area contributed by atoms with Crippen LogP contribution in [0.4, 0.5) is 11.4 Å². The summed E-state index contributed by atoms with van der Waals surface area (Å²) in [5.74, 6) is 2.76. The third-order valence-corrected chi connectivity index (χ3v) is 7.37. The van der Waals surface area contributed by atoms with Gasteiger partial charge < -0.3 is 9.73 Å². The number of hydrogen-bond donors (Lipinski definition) is 1. The van der Waals surface area contributed by atoms with Crippen LogP contribution in [0, 0.1) is 27.9 Å². The minimum Gasteiger partial charge on any atom is -0.454 e. The van der Waals surface area contributed by atoms with E-state index in [4.69, 9.17) is 4.42 Å². The molecule has 4 saturated carbocycles. The average molecular weight is 436 g/mol. The maximum atomic E-state index is 12.7. The molecule has 7 rings (SSSR count). The maximum Gasteiger partial charge on any atom is 0.307 e. The third kappa shape index (κ3) is 3.30. The fourth-order valence-corrected chi connectivity index (χ4v) is 6.46. The summed E-state index contributed by atoms with van der Waals surface area (Å²) in [6.45, 7) is 0.199. The number of furan rings is 1. The van der Waals surface area contributed by atoms with E-state index in [1.54, 1.807) is 18.3 Å². The zero-order valence-electron chi connectivity index (χ0n) is 17.5. The van der Waals surface area contributed by atoms with Gasteiger partial charge in [-0.2, -0.15) is 10.2 Å². The molecule has 0 aliphatic heterocycles. The van der Waals surface area contributed by atoms with Crippen molar-refractivity contribution in [2.75, 3.05) is 5.32 Å². The summed E-state index contributed by atoms with van der Waals surface area (Å²) in [7, 11) is 0. The Balaban J connectivity index is 1.13. The number of aromatic nitrogens is 4. The average Bonchev–Trinajstić information content (AvgIpc) is 3.48. The first-order valence-corrected chi connectivity index (χ1v) is 11.1. The molecule has 4 fully saturated rings. The van der Waals surface area contributed by atoms with Gasteiger partial charge in [0.15, 0.2) is 5.76 Å². The van der Waals surface area contributed by atoms with E-state index >= 15 is 0 Å². The monoisotopic (exact) mass is 436 g/mol. The Hall–Kier alpha value is -3.43. The maximum absolute atomic E-state index is 12.7. The van der Waals surface area contributed by atoms with Gasteiger partial charge in [0.05, 0.1) is 28.9 Å². The van der Waals surface area contributed by atoms with Crippen LogP contribution in [0.3, 0.4) is 0 Å². The molecule has 1 N–H and O–H groups in total. The topological polar surface area (TPSA) is 121 Å². The summed E-state index contributed by atoms with van der Waals surface area (Å²) in [4.78, 5) is 23.0. The second kappa shape index (κ2) is 7.04. The highest BCUT2D eigenvalue weighted by molar-refractivity contribution is 6.02. The van der Waals surface area contributed by atoms with Crippen molar-refractivity contribution in [1.29, 1.82) is 0 Å². The van der Waals surface area contributed by atoms with E-state index in [9.17, 15) is 14.9 Å². The summed E-state index contributed by atoms with van der Waals surface area (Å²) >= 11 is 0. The van der Waals surface area contributed by atoms with E-state index in [0.29, 0.717) is 11.4 Å². The van der Waals surface area contributed by atoms with Crippen molar-refractivity contribution >= 4 is 17.3 Å². The zero-order chi connectivity index (χ0) is 21.9. The zero-order valence-corrected chi connectivity index (χ0v) is 17.5. The molecule has 3 aromatic rings. The number of anilines is 1. The molecule has 3 heterocycles. The number of hydrogen-bond acceptors (Lipinski definition) is 6. The van der Waals surface area contributed by atoms with Crippen molar-refractivity contribution in [2.45, 2.75) is 50.6 Å². The van der Waals surface area contributed by atoms with Crippen molar-refractivity contribution in [3.63, 3.8) is 0 Å². The van der Waals surface area contributed by atoms with Gasteiger partial charge in [0.1, 0.15) is 18.2 Å². The highest BCUT2D eigenvalue weighted by Gasteiger charge is 2.52. The predicted molar refractivity (Wildman–Crippen MR) is 113 cm³/mol. The van der Waals surface area contributed by atoms with E-state index in [1.807, 2.05) is 6.20 Å². The molecular weight excluding hydrogens is 412 g/mol. The number of rotatable bonds is 6. The van der Waals surface area contributed by atoms with Gasteiger partial charge in [0.2, 0.25) is 0 Å². The quantitative estimate of drug-likeness (QED) is 0.463. The minimum atomic E-state index is -0.506. The fourth-order valence-electron chi connectivity index (χ4n) is 6.46. The van der Waals surface area contributed by atoms with Gasteiger partial charge in [-0.15, -0.1) is 0 Å². The number of carbonyl (C=O) groups is 1. The lowest BCUT2D eigenvalue weighted by Gasteiger charge is -2.56. The lowest BCUT2D eigenvalue weighted by molar-refractivity contribution is -0.385. The third-order valence-electron chi connectivity index (χ3n) is 7.37. The standard InChI is InChI=1S/C22H24N6O4/c29-21(20-2-1-19(32-20)13-26-12-18(10-23-26)28(30)31)25-17-9-24-27(11-17)22-6-14-3-15(7-22)5-16(4-14)8-22/h1-2,9-12,14-16H,3-8,13H2,(H,25,29). The largest absolute Gasteiger partial charge is 0.454 e. The highest BCUT2D eigenvalue weighted by atomic mass is 16.6. The highest BCUT2D eigenvalue weighted by Crippen LogP contribution is 2.58. The lowest BCUT2D eigenvalue weighted by Crippen LogP contribution is -2.52. The predicted octanol–water partition coefficient (Wildman–Crippen LogP) is 3.81. The van der Waals surface area contributed by atoms with Crippen molar-refractivity contribution in [1.82, 2.24) is 19.6 Å². The molecule has 3 aromatic heterocycles. The number of carbonyl (C=O) groups excluding carboxylic acids is 1. The van der Waals surface area contributed by atoms with E-state index in [2.05, 4.69) is 20.2 Å². The first kappa shape index (κ1) is 19.3. The molecule has 32 heavy (non-hydrogen) atoms. The van der Waals surface area contributed by atoms with Gasteiger partial charge in [0.25, 0.3) is 5.91 Å². The molecule has 4 aliphatic rings. The molecule has 10 heteroatoms. The minimum absolute atomic E-state index is 0.0921. The van der Waals surface area contributed by atoms with Gasteiger partial charge >= 0.3 is 5.69 Å². The molecule has 0 saturated heterocycles. The van der Waals surface area contributed by atoms with Crippen LogP contribution in [-0.4, -0.2) is 30.4 Å². The molecule has 0 spiro atoms. The second-order valence-corrected chi connectivity index (χ2v) is 9.69. The summed E-state index contributed by atoms with van der Waals surface area (Å²) < 4.78 is 9.13. The lowest BCUT2D eigenvalue weighted by atomic mass is 9.53. The van der Waals surface area contributed by atoms with Crippen LogP contribution in [0.25, 0.3) is 0 Å². The van der Waals surface area contributed by atoms with Crippen molar-refractivity contribution in [2.24, 2.45) is 17.8 Å². The molecule has 0 radical (unpaired) electrons. The summed E-state index contributed by atoms with van der Waals surface area (Å²) in [6.07, 6.45) is 13.9. The summed E-state index contributed by atoms with van der Waals surface area (Å²) in [5, 5.41) is 22.2. The Kier molecular flexibility index (Phi) is 4.24. The Morgan fingerprint density at radius 3 is 2.50 bits per heavy atom. The van der Waals surface area contributed by atoms with E-state index in [0.717, 1.165) is 17.8 Å². The Bertz CT molecular complexity index is 1160. The van der Waals surface area contributed by atoms with Gasteiger partial charge in [-0.3, -0.25) is 24.3 Å². The van der Waals surface area contributed by atoms with Gasteiger partial charge in [-0.05, 0) is 68.4 Å². The van der Waals surface area contributed by atoms with Crippen molar-refractivity contribution < 1.29 is 14.1 Å². The first-order chi connectivity index (χ1) is 15.5. The molecule has 4 aliphatic carbocycles. The first-order valence-electron chi connectivity index (χ1n) is 11.1. The Morgan fingerprint density at radius 1 is 1.12 bits per heavy atom. The fraction of sp³-hybridized carbons (Fsp3) is 0.500. The van der Waals surface area contributed by atoms with Crippen LogP contribution in [0.2, 0.25) is 0 Å². The molecule has 1 amide bonds. The van der Waals surface area contributed by atoms with E-state index in [-0.39, 0.29) is 29.4 Å². The molecule has 4 bridgehead atoms. The van der Waals surface area contributed by atoms with E-state index in [1.165, 1.54) is 55.6 Å². The van der Waals surface area contributed by atoms with Crippen molar-refractivity contribution in [3.05, 3.63) is 58.6 Å². The molecule has 0 aromatic carbocycles. The number of nitrogens with zero attached hydrogens (tertiary/aromatic N) is 5. The molecule has 0 unspecified atom stereocenters. The van der Waals surface area contributed by atoms with Gasteiger partial charge in [-0.25, -0.2) is 0 Å². The number of amides is 1.